The van der Waals surface area contributed by atoms with Crippen molar-refractivity contribution in [2.75, 3.05) is 6.54 Å². The zero-order chi connectivity index (χ0) is 21.2. The van der Waals surface area contributed by atoms with Gasteiger partial charge in [-0.1, -0.05) is 103 Å². The number of unbranched alkanes of at least 4 members (excludes halogenated alkanes) is 15. The fourth-order valence-corrected chi connectivity index (χ4v) is 4.51. The summed E-state index contributed by atoms with van der Waals surface area (Å²) in [7, 11) is 0. The molecule has 0 saturated carbocycles. The Morgan fingerprint density at radius 1 is 0.828 bits per heavy atom. The molecule has 0 spiro atoms. The summed E-state index contributed by atoms with van der Waals surface area (Å²) in [6, 6.07) is 0. The van der Waals surface area contributed by atoms with E-state index in [2.05, 4.69) is 37.5 Å². The predicted octanol–water partition coefficient (Wildman–Crippen LogP) is 7.38. The molecule has 0 aromatic carbocycles. The molecule has 0 aromatic rings. The molecule has 0 radical (unpaired) electrons. The summed E-state index contributed by atoms with van der Waals surface area (Å²) in [5.74, 6) is 0. The molecule has 1 rings (SSSR count). The average Bonchev–Trinajstić information content (AvgIpc) is 3.14. The number of hydrogen-bond acceptors (Lipinski definition) is 2. The molecule has 1 heterocycles. The number of hydrogen-bond donors (Lipinski definition) is 2. The van der Waals surface area contributed by atoms with Crippen molar-refractivity contribution in [1.82, 2.24) is 5.32 Å². The molecule has 3 unspecified atom stereocenters. The molecule has 29 heavy (non-hydrogen) atoms. The first-order valence-corrected chi connectivity index (χ1v) is 12.8. The van der Waals surface area contributed by atoms with Gasteiger partial charge in [-0.2, -0.15) is 0 Å². The summed E-state index contributed by atoms with van der Waals surface area (Å²) in [5.41, 5.74) is 0. The van der Waals surface area contributed by atoms with Crippen LogP contribution in [-0.4, -0.2) is 28.5 Å². The molecule has 0 aromatic heterocycles. The van der Waals surface area contributed by atoms with Gasteiger partial charge in [0, 0.05) is 6.92 Å². The van der Waals surface area contributed by atoms with Gasteiger partial charge in [0.2, 0.25) is 0 Å². The highest BCUT2D eigenvalue weighted by atomic mass is 16.3. The highest BCUT2D eigenvalue weighted by Crippen LogP contribution is 2.23. The van der Waals surface area contributed by atoms with Gasteiger partial charge in [0.1, 0.15) is 6.20 Å². The largest absolute Gasteiger partial charge is 0.345 e. The molecule has 3 nitrogen and oxygen atoms in total. The summed E-state index contributed by atoms with van der Waals surface area (Å²) >= 11 is 0. The van der Waals surface area contributed by atoms with E-state index in [1.54, 1.807) is 0 Å². The Morgan fingerprint density at radius 3 is 1.76 bits per heavy atom. The van der Waals surface area contributed by atoms with Gasteiger partial charge >= 0.3 is 0 Å². The van der Waals surface area contributed by atoms with E-state index < -0.39 is 0 Å². The topological polar surface area (TPSA) is 32.3 Å². The molecule has 0 fully saturated rings. The van der Waals surface area contributed by atoms with E-state index in [1.165, 1.54) is 96.3 Å². The predicted molar refractivity (Wildman–Crippen MR) is 127 cm³/mol. The number of nitrogens with one attached hydrogen (secondary N) is 1. The van der Waals surface area contributed by atoms with Crippen LogP contribution in [0.1, 0.15) is 124 Å². The van der Waals surface area contributed by atoms with Crippen molar-refractivity contribution in [3.63, 3.8) is 0 Å². The maximum atomic E-state index is 10.2. The second-order valence-electron chi connectivity index (χ2n) is 9.04. The fraction of sp³-hybridized carbons (Fsp3) is 0.846. The Hall–Kier alpha value is -0.800. The van der Waals surface area contributed by atoms with Gasteiger partial charge in [0.05, 0.1) is 12.7 Å². The summed E-state index contributed by atoms with van der Waals surface area (Å²) in [4.78, 5) is 0. The van der Waals surface area contributed by atoms with Crippen LogP contribution in [0.25, 0.3) is 0 Å². The lowest BCUT2D eigenvalue weighted by Crippen LogP contribution is -2.56. The maximum Gasteiger partial charge on any atom is 0.193 e. The SMILES string of the molecule is CCCCCCCCCCCCCCCCC/C=C/C1NC=C[N+]1(CC)C(C)O. The van der Waals surface area contributed by atoms with Crippen LogP contribution >= 0.6 is 0 Å². The number of allylic oxidation sites excluding steroid dienone is 1. The number of quaternary nitrogens is 1. The number of nitrogens with zero attached hydrogens (tertiary/aromatic N) is 1. The van der Waals surface area contributed by atoms with Crippen molar-refractivity contribution in [1.29, 1.82) is 0 Å². The third-order valence-electron chi connectivity index (χ3n) is 6.67. The van der Waals surface area contributed by atoms with Gasteiger partial charge in [-0.05, 0) is 25.8 Å². The van der Waals surface area contributed by atoms with Gasteiger partial charge < -0.3 is 10.4 Å². The van der Waals surface area contributed by atoms with Crippen LogP contribution in [0, 0.1) is 0 Å². The maximum absolute atomic E-state index is 10.2. The molecule has 0 saturated heterocycles. The summed E-state index contributed by atoms with van der Waals surface area (Å²) in [5, 5.41) is 13.5. The molecule has 0 aliphatic carbocycles. The van der Waals surface area contributed by atoms with E-state index in [0.29, 0.717) is 4.48 Å². The Morgan fingerprint density at radius 2 is 1.31 bits per heavy atom. The molecule has 170 valence electrons. The van der Waals surface area contributed by atoms with Crippen molar-refractivity contribution < 1.29 is 9.59 Å². The summed E-state index contributed by atoms with van der Waals surface area (Å²) < 4.78 is 0.593. The lowest BCUT2D eigenvalue weighted by molar-refractivity contribution is -0.935. The van der Waals surface area contributed by atoms with Crippen molar-refractivity contribution in [2.45, 2.75) is 136 Å². The first kappa shape index (κ1) is 26.2. The molecule has 1 aliphatic heterocycles. The van der Waals surface area contributed by atoms with Crippen molar-refractivity contribution in [3.8, 4) is 0 Å². The standard InChI is InChI=1S/C26H51N2O/c1-4-6-7-8-9-10-11-12-13-14-15-16-17-18-19-20-21-22-26-27-23-24-28(26,5-2)25(3)29/h21-27,29H,4-20H2,1-3H3/q+1/b22-21+. The van der Waals surface area contributed by atoms with Crippen LogP contribution in [0.4, 0.5) is 0 Å². The van der Waals surface area contributed by atoms with Crippen LogP contribution in [0.15, 0.2) is 24.6 Å². The van der Waals surface area contributed by atoms with Crippen molar-refractivity contribution in [3.05, 3.63) is 24.6 Å². The molecule has 3 atom stereocenters. The number of aliphatic hydroxyl groups excluding tert-OH is 1. The van der Waals surface area contributed by atoms with E-state index in [0.717, 1.165) is 13.0 Å². The Bertz CT molecular complexity index is 432. The highest BCUT2D eigenvalue weighted by Gasteiger charge is 2.39. The van der Waals surface area contributed by atoms with Gasteiger partial charge in [-0.3, -0.25) is 0 Å². The van der Waals surface area contributed by atoms with Crippen LogP contribution in [0.2, 0.25) is 0 Å². The molecule has 0 bridgehead atoms. The third-order valence-corrected chi connectivity index (χ3v) is 6.67. The number of rotatable bonds is 19. The van der Waals surface area contributed by atoms with Crippen molar-refractivity contribution in [2.24, 2.45) is 0 Å². The van der Waals surface area contributed by atoms with E-state index in [-0.39, 0.29) is 12.4 Å². The minimum atomic E-state index is -0.383. The summed E-state index contributed by atoms with van der Waals surface area (Å²) in [6.45, 7) is 7.21. The molecule has 2 N–H and O–H groups in total. The highest BCUT2D eigenvalue weighted by molar-refractivity contribution is 4.97. The lowest BCUT2D eigenvalue weighted by Gasteiger charge is -2.37. The fourth-order valence-electron chi connectivity index (χ4n) is 4.51. The Balaban J connectivity index is 1.90. The van der Waals surface area contributed by atoms with Crippen LogP contribution in [0.5, 0.6) is 0 Å². The molecular formula is C26H51N2O+. The molecule has 1 aliphatic rings. The van der Waals surface area contributed by atoms with E-state index in [4.69, 9.17) is 0 Å². The zero-order valence-electron chi connectivity index (χ0n) is 19.9. The van der Waals surface area contributed by atoms with Gasteiger partial charge in [-0.25, -0.2) is 4.48 Å². The van der Waals surface area contributed by atoms with Crippen LogP contribution in [-0.2, 0) is 0 Å². The van der Waals surface area contributed by atoms with Gasteiger partial charge in [-0.15, -0.1) is 0 Å². The zero-order valence-corrected chi connectivity index (χ0v) is 19.9. The lowest BCUT2D eigenvalue weighted by atomic mass is 10.0. The second kappa shape index (κ2) is 16.9. The second-order valence-corrected chi connectivity index (χ2v) is 9.04. The molecule has 0 amide bonds. The Kier molecular flexibility index (Phi) is 15.3. The average molecular weight is 408 g/mol. The van der Waals surface area contributed by atoms with Crippen LogP contribution in [0.3, 0.4) is 0 Å². The van der Waals surface area contributed by atoms with E-state index in [9.17, 15) is 5.11 Å². The van der Waals surface area contributed by atoms with E-state index >= 15 is 0 Å². The minimum absolute atomic E-state index is 0.177. The van der Waals surface area contributed by atoms with Crippen LogP contribution < -0.4 is 5.32 Å². The quantitative estimate of drug-likeness (QED) is 0.133. The van der Waals surface area contributed by atoms with Crippen molar-refractivity contribution >= 4 is 0 Å². The third kappa shape index (κ3) is 10.7. The smallest absolute Gasteiger partial charge is 0.193 e. The van der Waals surface area contributed by atoms with E-state index in [1.807, 2.05) is 13.1 Å². The van der Waals surface area contributed by atoms with Gasteiger partial charge in [0.25, 0.3) is 0 Å². The first-order valence-electron chi connectivity index (χ1n) is 12.8. The normalized spacial score (nSPS) is 22.4. The first-order chi connectivity index (χ1) is 14.2. The summed E-state index contributed by atoms with van der Waals surface area (Å²) in [6.07, 6.45) is 30.8. The minimum Gasteiger partial charge on any atom is -0.345 e. The monoisotopic (exact) mass is 407 g/mol. The van der Waals surface area contributed by atoms with Gasteiger partial charge in [0.15, 0.2) is 12.4 Å². The number of aliphatic hydroxyl groups is 1. The molecular weight excluding hydrogens is 356 g/mol. The number of likely N-dealkylation sites (N-methyl/N-ethyl adjacent to an activating group) is 1. The Labute approximate surface area is 182 Å². The molecule has 3 heteroatoms.